The first-order valence-electron chi connectivity index (χ1n) is 9.97. The molecule has 0 unspecified atom stereocenters. The van der Waals surface area contributed by atoms with Crippen molar-refractivity contribution in [1.82, 2.24) is 25.8 Å². The Hall–Kier alpha value is -2.10. The molecule has 2 heterocycles. The largest absolute Gasteiger partial charge is 0.361 e. The molecule has 158 valence electrons. The fourth-order valence-corrected chi connectivity index (χ4v) is 3.20. The van der Waals surface area contributed by atoms with Crippen LogP contribution in [0.2, 0.25) is 0 Å². The number of H-pyrrole nitrogens is 1. The smallest absolute Gasteiger partial charge is 0.228 e. The number of para-hydroxylation sites is 1. The van der Waals surface area contributed by atoms with Gasteiger partial charge in [-0.25, -0.2) is 0 Å². The number of nitrogens with one attached hydrogen (secondary N) is 3. The molecule has 0 atom stereocenters. The number of aromatic nitrogens is 3. The van der Waals surface area contributed by atoms with Crippen LogP contribution in [0.3, 0.4) is 0 Å². The molecule has 2 aromatic heterocycles. The maximum atomic E-state index is 5.27. The Kier molecular flexibility index (Phi) is 8.94. The summed E-state index contributed by atoms with van der Waals surface area (Å²) in [4.78, 5) is 12.1. The highest BCUT2D eigenvalue weighted by molar-refractivity contribution is 14.0. The van der Waals surface area contributed by atoms with E-state index in [4.69, 9.17) is 4.52 Å². The van der Waals surface area contributed by atoms with Crippen LogP contribution >= 0.6 is 24.0 Å². The number of aromatic amines is 1. The van der Waals surface area contributed by atoms with Crippen molar-refractivity contribution in [2.45, 2.75) is 46.0 Å². The minimum atomic E-state index is 0. The van der Waals surface area contributed by atoms with E-state index in [1.165, 1.54) is 22.0 Å². The van der Waals surface area contributed by atoms with Gasteiger partial charge < -0.3 is 20.1 Å². The normalized spacial score (nSPS) is 11.7. The Bertz CT molecular complexity index is 930. The van der Waals surface area contributed by atoms with Crippen molar-refractivity contribution >= 4 is 40.8 Å². The molecule has 0 saturated carbocycles. The molecule has 0 amide bonds. The van der Waals surface area contributed by atoms with Crippen molar-refractivity contribution in [2.24, 2.45) is 4.99 Å². The van der Waals surface area contributed by atoms with Crippen LogP contribution in [-0.2, 0) is 19.3 Å². The van der Waals surface area contributed by atoms with Crippen LogP contribution in [0.5, 0.6) is 0 Å². The van der Waals surface area contributed by atoms with Crippen LogP contribution in [-0.4, -0.2) is 41.2 Å². The lowest BCUT2D eigenvalue weighted by Crippen LogP contribution is -2.39. The Labute approximate surface area is 189 Å². The van der Waals surface area contributed by atoms with Crippen molar-refractivity contribution < 1.29 is 4.52 Å². The van der Waals surface area contributed by atoms with E-state index in [1.807, 2.05) is 0 Å². The molecule has 0 aliphatic rings. The molecule has 3 aromatic rings. The topological polar surface area (TPSA) is 91.1 Å². The molecular weight excluding hydrogens is 479 g/mol. The van der Waals surface area contributed by atoms with Gasteiger partial charge in [0.2, 0.25) is 5.89 Å². The minimum absolute atomic E-state index is 0. The van der Waals surface area contributed by atoms with Gasteiger partial charge >= 0.3 is 0 Å². The van der Waals surface area contributed by atoms with Crippen molar-refractivity contribution in [3.8, 4) is 0 Å². The molecule has 8 heteroatoms. The van der Waals surface area contributed by atoms with Crippen LogP contribution in [0.4, 0.5) is 0 Å². The molecule has 0 fully saturated rings. The van der Waals surface area contributed by atoms with Crippen molar-refractivity contribution in [3.63, 3.8) is 0 Å². The van der Waals surface area contributed by atoms with Crippen molar-refractivity contribution in [1.29, 1.82) is 0 Å². The summed E-state index contributed by atoms with van der Waals surface area (Å²) in [6.07, 6.45) is 4.74. The third kappa shape index (κ3) is 5.94. The number of hydrogen-bond donors (Lipinski definition) is 3. The molecule has 0 saturated heterocycles. The van der Waals surface area contributed by atoms with Crippen LogP contribution in [0.15, 0.2) is 33.9 Å². The van der Waals surface area contributed by atoms with Gasteiger partial charge in [-0.05, 0) is 24.0 Å². The molecule has 3 N–H and O–H groups in total. The second kappa shape index (κ2) is 11.2. The fraction of sp³-hybridized carbons (Fsp3) is 0.476. The van der Waals surface area contributed by atoms with Crippen molar-refractivity contribution in [2.75, 3.05) is 20.1 Å². The highest BCUT2D eigenvalue weighted by atomic mass is 127. The zero-order valence-corrected chi connectivity index (χ0v) is 19.9. The second-order valence-electron chi connectivity index (χ2n) is 7.13. The molecule has 7 nitrogen and oxygen atoms in total. The zero-order chi connectivity index (χ0) is 19.9. The van der Waals surface area contributed by atoms with Crippen LogP contribution in [0.1, 0.15) is 49.5 Å². The highest BCUT2D eigenvalue weighted by Gasteiger charge is 2.10. The summed E-state index contributed by atoms with van der Waals surface area (Å²) in [6.45, 7) is 7.78. The Morgan fingerprint density at radius 2 is 1.93 bits per heavy atom. The number of hydrogen-bond acceptors (Lipinski definition) is 4. The predicted molar refractivity (Wildman–Crippen MR) is 128 cm³/mol. The standard InChI is InChI=1S/C21H30N6O.HI/c1-5-15-7-6-8-17-16(13-25-19(15)17)9-11-23-21(22-4)24-12-10-18-26-20(14(2)3)27-28-18;/h6-8,13-14,25H,5,9-12H2,1-4H3,(H2,22,23,24);1H. The lowest BCUT2D eigenvalue weighted by Gasteiger charge is -2.11. The average Bonchev–Trinajstić information content (AvgIpc) is 3.34. The third-order valence-corrected chi connectivity index (χ3v) is 4.81. The summed E-state index contributed by atoms with van der Waals surface area (Å²) in [7, 11) is 1.78. The summed E-state index contributed by atoms with van der Waals surface area (Å²) >= 11 is 0. The number of fused-ring (bicyclic) bond motifs is 1. The van der Waals surface area contributed by atoms with E-state index in [2.05, 4.69) is 75.9 Å². The molecule has 29 heavy (non-hydrogen) atoms. The van der Waals surface area contributed by atoms with Gasteiger partial charge in [-0.2, -0.15) is 4.98 Å². The number of rotatable bonds is 8. The zero-order valence-electron chi connectivity index (χ0n) is 17.6. The summed E-state index contributed by atoms with van der Waals surface area (Å²) < 4.78 is 5.27. The number of aliphatic imine (C=N–C) groups is 1. The molecule has 3 rings (SSSR count). The van der Waals surface area contributed by atoms with E-state index in [-0.39, 0.29) is 29.9 Å². The monoisotopic (exact) mass is 510 g/mol. The maximum Gasteiger partial charge on any atom is 0.228 e. The molecule has 1 aromatic carbocycles. The lowest BCUT2D eigenvalue weighted by molar-refractivity contribution is 0.371. The number of aryl methyl sites for hydroxylation is 1. The summed E-state index contributed by atoms with van der Waals surface area (Å²) in [5.74, 6) is 2.45. The van der Waals surface area contributed by atoms with Gasteiger partial charge in [0.05, 0.1) is 0 Å². The van der Waals surface area contributed by atoms with Gasteiger partial charge in [-0.1, -0.05) is 44.1 Å². The molecule has 0 radical (unpaired) electrons. The van der Waals surface area contributed by atoms with Gasteiger partial charge in [0.25, 0.3) is 0 Å². The molecule has 0 spiro atoms. The maximum absolute atomic E-state index is 5.27. The van der Waals surface area contributed by atoms with Gasteiger partial charge in [-0.3, -0.25) is 4.99 Å². The Balaban J connectivity index is 0.00000300. The van der Waals surface area contributed by atoms with Crippen LogP contribution in [0, 0.1) is 0 Å². The third-order valence-electron chi connectivity index (χ3n) is 4.81. The van der Waals surface area contributed by atoms with Gasteiger partial charge in [0, 0.05) is 49.6 Å². The molecule has 0 aliphatic heterocycles. The van der Waals surface area contributed by atoms with Crippen LogP contribution in [0.25, 0.3) is 10.9 Å². The second-order valence-corrected chi connectivity index (χ2v) is 7.13. The number of halogens is 1. The number of benzene rings is 1. The summed E-state index contributed by atoms with van der Waals surface area (Å²) in [5, 5.41) is 12.0. The first-order valence-corrected chi connectivity index (χ1v) is 9.97. The Morgan fingerprint density at radius 1 is 1.17 bits per heavy atom. The summed E-state index contributed by atoms with van der Waals surface area (Å²) in [6, 6.07) is 6.50. The van der Waals surface area contributed by atoms with E-state index in [9.17, 15) is 0 Å². The van der Waals surface area contributed by atoms with Gasteiger partial charge in [0.15, 0.2) is 11.8 Å². The molecule has 0 bridgehead atoms. The fourth-order valence-electron chi connectivity index (χ4n) is 3.20. The number of nitrogens with zero attached hydrogens (tertiary/aromatic N) is 3. The van der Waals surface area contributed by atoms with Gasteiger partial charge in [0.1, 0.15) is 0 Å². The van der Waals surface area contributed by atoms with E-state index < -0.39 is 0 Å². The first-order chi connectivity index (χ1) is 13.6. The SMILES string of the molecule is CCc1cccc2c(CCNC(=NC)NCCc3nc(C(C)C)no3)c[nH]c12.I. The quantitative estimate of drug-likeness (QED) is 0.244. The van der Waals surface area contributed by atoms with E-state index in [0.29, 0.717) is 18.9 Å². The van der Waals surface area contributed by atoms with E-state index >= 15 is 0 Å². The Morgan fingerprint density at radius 3 is 2.59 bits per heavy atom. The average molecular weight is 510 g/mol. The van der Waals surface area contributed by atoms with Gasteiger partial charge in [-0.15, -0.1) is 24.0 Å². The first kappa shape index (κ1) is 23.2. The molecule has 0 aliphatic carbocycles. The van der Waals surface area contributed by atoms with Crippen molar-refractivity contribution in [3.05, 3.63) is 47.2 Å². The van der Waals surface area contributed by atoms with E-state index in [1.54, 1.807) is 7.05 Å². The highest BCUT2D eigenvalue weighted by Crippen LogP contribution is 2.22. The number of guanidine groups is 1. The molecular formula is C21H31IN6O. The van der Waals surface area contributed by atoms with E-state index in [0.717, 1.165) is 31.2 Å². The minimum Gasteiger partial charge on any atom is -0.361 e. The predicted octanol–water partition coefficient (Wildman–Crippen LogP) is 3.80. The summed E-state index contributed by atoms with van der Waals surface area (Å²) in [5.41, 5.74) is 3.93. The lowest BCUT2D eigenvalue weighted by atomic mass is 10.1. The van der Waals surface area contributed by atoms with Crippen LogP contribution < -0.4 is 10.6 Å².